The number of thioether (sulfide) groups is 1. The van der Waals surface area contributed by atoms with Gasteiger partial charge in [-0.05, 0) is 61.6 Å². The summed E-state index contributed by atoms with van der Waals surface area (Å²) in [5, 5.41) is 16.8. The average Bonchev–Trinajstić information content (AvgIpc) is 3.55. The maximum Gasteiger partial charge on any atom is 0.248 e. The zero-order valence-corrected chi connectivity index (χ0v) is 25.4. The molecule has 3 fully saturated rings. The Hall–Kier alpha value is -2.75. The lowest BCUT2D eigenvalue weighted by Gasteiger charge is -2.41. The molecule has 0 radical (unpaired) electrons. The number of aliphatic hydroxyl groups is 1. The molecule has 3 unspecified atom stereocenters. The van der Waals surface area contributed by atoms with Gasteiger partial charge in [-0.1, -0.05) is 50.9 Å². The van der Waals surface area contributed by atoms with E-state index < -0.39 is 28.7 Å². The van der Waals surface area contributed by atoms with Gasteiger partial charge in [0.2, 0.25) is 17.7 Å². The molecule has 0 saturated carbocycles. The summed E-state index contributed by atoms with van der Waals surface area (Å²) in [6.07, 6.45) is 1.44. The molecule has 0 aliphatic carbocycles. The van der Waals surface area contributed by atoms with E-state index in [1.807, 2.05) is 20.8 Å². The van der Waals surface area contributed by atoms with E-state index in [0.717, 1.165) is 6.42 Å². The normalized spacial score (nSPS) is 29.7. The fraction of sp³-hybridized carbons (Fsp3) is 0.516. The van der Waals surface area contributed by atoms with Crippen LogP contribution in [-0.4, -0.2) is 63.0 Å². The van der Waals surface area contributed by atoms with Gasteiger partial charge in [0.05, 0.1) is 46.5 Å². The molecule has 2 aromatic carbocycles. The average molecular weight is 600 g/mol. The number of carbonyl (C=O) groups is 3. The van der Waals surface area contributed by atoms with Crippen molar-refractivity contribution in [1.29, 1.82) is 0 Å². The van der Waals surface area contributed by atoms with Crippen molar-refractivity contribution in [3.8, 4) is 5.75 Å². The number of rotatable bonds is 10. The topological polar surface area (TPSA) is 108 Å². The van der Waals surface area contributed by atoms with Crippen molar-refractivity contribution in [2.45, 2.75) is 62.6 Å². The number of halogens is 1. The van der Waals surface area contributed by atoms with Crippen LogP contribution in [0.5, 0.6) is 5.75 Å². The minimum Gasteiger partial charge on any atom is -0.494 e. The third kappa shape index (κ3) is 5.00. The highest BCUT2D eigenvalue weighted by Crippen LogP contribution is 2.69. The van der Waals surface area contributed by atoms with Crippen LogP contribution in [0.25, 0.3) is 0 Å². The Balaban J connectivity index is 1.52. The Kier molecular flexibility index (Phi) is 8.60. The van der Waals surface area contributed by atoms with E-state index in [0.29, 0.717) is 35.2 Å². The molecule has 5 rings (SSSR count). The highest BCUT2D eigenvalue weighted by molar-refractivity contribution is 8.02. The lowest BCUT2D eigenvalue weighted by molar-refractivity contribution is -0.142. The van der Waals surface area contributed by atoms with E-state index in [1.54, 1.807) is 65.2 Å². The Bertz CT molecular complexity index is 1310. The van der Waals surface area contributed by atoms with Gasteiger partial charge in [0.15, 0.2) is 0 Å². The number of nitrogens with zero attached hydrogens (tertiary/aromatic N) is 1. The zero-order chi connectivity index (χ0) is 29.5. The molecule has 3 saturated heterocycles. The second-order valence-corrected chi connectivity index (χ2v) is 13.3. The molecule has 3 amide bonds. The van der Waals surface area contributed by atoms with Crippen LogP contribution in [0.3, 0.4) is 0 Å². The van der Waals surface area contributed by atoms with Crippen molar-refractivity contribution < 1.29 is 24.2 Å². The maximum atomic E-state index is 14.5. The summed E-state index contributed by atoms with van der Waals surface area (Å²) < 4.78 is 4.70. The Morgan fingerprint density at radius 1 is 1.15 bits per heavy atom. The summed E-state index contributed by atoms with van der Waals surface area (Å²) in [4.78, 5) is 44.1. The molecule has 3 heterocycles. The van der Waals surface area contributed by atoms with E-state index in [4.69, 9.17) is 16.3 Å². The summed E-state index contributed by atoms with van der Waals surface area (Å²) in [7, 11) is 0. The lowest BCUT2D eigenvalue weighted by atomic mass is 9.66. The number of hydrogen-bond donors (Lipinski definition) is 3. The largest absolute Gasteiger partial charge is 0.494 e. The number of likely N-dealkylation sites (tertiary alicyclic amines) is 1. The summed E-state index contributed by atoms with van der Waals surface area (Å²) in [5.74, 6) is -1.44. The van der Waals surface area contributed by atoms with Crippen LogP contribution in [0, 0.1) is 23.7 Å². The van der Waals surface area contributed by atoms with Gasteiger partial charge in [-0.2, -0.15) is 0 Å². The minimum atomic E-state index is -0.865. The Morgan fingerprint density at radius 2 is 1.85 bits per heavy atom. The summed E-state index contributed by atoms with van der Waals surface area (Å²) in [5.41, 5.74) is 1.09. The number of aliphatic hydroxyl groups excluding tert-OH is 1. The lowest BCUT2D eigenvalue weighted by Crippen LogP contribution is -2.58. The number of anilines is 2. The van der Waals surface area contributed by atoms with E-state index in [9.17, 15) is 19.5 Å². The molecule has 2 bridgehead atoms. The highest BCUT2D eigenvalue weighted by Gasteiger charge is 2.76. The van der Waals surface area contributed by atoms with Gasteiger partial charge in [0, 0.05) is 10.9 Å². The van der Waals surface area contributed by atoms with Gasteiger partial charge in [-0.25, -0.2) is 0 Å². The van der Waals surface area contributed by atoms with Crippen LogP contribution in [-0.2, 0) is 14.4 Å². The van der Waals surface area contributed by atoms with Crippen LogP contribution in [0.2, 0.25) is 5.02 Å². The number of hydrogen-bond acceptors (Lipinski definition) is 6. The van der Waals surface area contributed by atoms with E-state index in [2.05, 4.69) is 17.6 Å². The molecular weight excluding hydrogens is 562 g/mol. The van der Waals surface area contributed by atoms with Crippen LogP contribution in [0.15, 0.2) is 48.5 Å². The number of fused-ring (bicyclic) bond motifs is 1. The quantitative estimate of drug-likeness (QED) is 0.352. The number of carbonyl (C=O) groups excluding carboxylic acids is 3. The monoisotopic (exact) mass is 599 g/mol. The van der Waals surface area contributed by atoms with Crippen molar-refractivity contribution in [3.05, 3.63) is 53.6 Å². The predicted octanol–water partition coefficient (Wildman–Crippen LogP) is 5.06. The molecule has 220 valence electrons. The van der Waals surface area contributed by atoms with Crippen LogP contribution in [0.1, 0.15) is 40.5 Å². The van der Waals surface area contributed by atoms with Crippen molar-refractivity contribution >= 4 is 52.5 Å². The molecule has 3 aliphatic heterocycles. The fourth-order valence-electron chi connectivity index (χ4n) is 7.02. The number of ether oxygens (including phenoxy) is 1. The Morgan fingerprint density at radius 3 is 2.49 bits per heavy atom. The van der Waals surface area contributed by atoms with E-state index in [-0.39, 0.29) is 41.4 Å². The molecular formula is C31H38ClN3O5S. The Labute approximate surface area is 250 Å². The SMILES string of the molecule is CCOc1ccc(NC(=O)[C@@H]2[C@H]3C(=O)N([C@@H](CO)[C@@H](C)CC)C(C(=O)Nc4ccccc4Cl)C34S[C@@H]2CC4C)cc1. The van der Waals surface area contributed by atoms with Crippen molar-refractivity contribution in [2.75, 3.05) is 23.8 Å². The molecule has 41 heavy (non-hydrogen) atoms. The van der Waals surface area contributed by atoms with Gasteiger partial charge < -0.3 is 25.4 Å². The number of para-hydroxylation sites is 1. The summed E-state index contributed by atoms with van der Waals surface area (Å²) in [6, 6.07) is 12.7. The second kappa shape index (κ2) is 11.9. The number of benzene rings is 2. The first kappa shape index (κ1) is 29.7. The number of nitrogens with one attached hydrogen (secondary N) is 2. The van der Waals surface area contributed by atoms with Gasteiger partial charge in [-0.15, -0.1) is 11.8 Å². The first-order valence-corrected chi connectivity index (χ1v) is 15.6. The minimum absolute atomic E-state index is 0.00393. The van der Waals surface area contributed by atoms with Gasteiger partial charge in [0.1, 0.15) is 11.8 Å². The van der Waals surface area contributed by atoms with Crippen molar-refractivity contribution in [3.63, 3.8) is 0 Å². The standard InChI is InChI=1S/C31H38ClN3O5S/c1-5-17(3)23(16-36)35-27(29(38)34-22-10-8-7-9-21(22)32)31-18(4)15-24(41-31)25(26(31)30(35)39)28(37)33-19-11-13-20(14-12-19)40-6-2/h7-14,17-18,23-27,36H,5-6,15-16H2,1-4H3,(H,33,37)(H,34,38)/t17-,18?,23-,24+,25-,26-,27?,31?/m0/s1. The molecule has 10 heteroatoms. The molecule has 8 atom stereocenters. The smallest absolute Gasteiger partial charge is 0.248 e. The molecule has 1 spiro atoms. The first-order valence-electron chi connectivity index (χ1n) is 14.4. The second-order valence-electron chi connectivity index (χ2n) is 11.3. The molecule has 3 N–H and O–H groups in total. The van der Waals surface area contributed by atoms with Crippen LogP contribution in [0.4, 0.5) is 11.4 Å². The van der Waals surface area contributed by atoms with Crippen molar-refractivity contribution in [1.82, 2.24) is 4.90 Å². The molecule has 2 aromatic rings. The zero-order valence-electron chi connectivity index (χ0n) is 23.8. The third-order valence-corrected chi connectivity index (χ3v) is 11.6. The molecule has 3 aliphatic rings. The van der Waals surface area contributed by atoms with E-state index in [1.165, 1.54) is 0 Å². The van der Waals surface area contributed by atoms with Gasteiger partial charge in [0.25, 0.3) is 0 Å². The van der Waals surface area contributed by atoms with E-state index >= 15 is 0 Å². The summed E-state index contributed by atoms with van der Waals surface area (Å²) >= 11 is 7.99. The van der Waals surface area contributed by atoms with Gasteiger partial charge >= 0.3 is 0 Å². The maximum absolute atomic E-state index is 14.5. The van der Waals surface area contributed by atoms with Crippen LogP contribution >= 0.6 is 23.4 Å². The van der Waals surface area contributed by atoms with Crippen LogP contribution < -0.4 is 15.4 Å². The molecule has 8 nitrogen and oxygen atoms in total. The first-order chi connectivity index (χ1) is 19.7. The van der Waals surface area contributed by atoms with Gasteiger partial charge in [-0.3, -0.25) is 14.4 Å². The number of amides is 3. The summed E-state index contributed by atoms with van der Waals surface area (Å²) in [6.45, 7) is 8.24. The molecule has 0 aromatic heterocycles. The fourth-order valence-corrected chi connectivity index (χ4v) is 9.61. The third-order valence-electron chi connectivity index (χ3n) is 9.14. The van der Waals surface area contributed by atoms with Crippen molar-refractivity contribution in [2.24, 2.45) is 23.7 Å². The predicted molar refractivity (Wildman–Crippen MR) is 162 cm³/mol. The highest BCUT2D eigenvalue weighted by atomic mass is 35.5.